The molecule has 0 spiro atoms. The van der Waals surface area contributed by atoms with E-state index in [0.29, 0.717) is 11.5 Å². The van der Waals surface area contributed by atoms with Crippen LogP contribution in [0.4, 0.5) is 22.0 Å². The van der Waals surface area contributed by atoms with Gasteiger partial charge in [0.2, 0.25) is 0 Å². The van der Waals surface area contributed by atoms with E-state index < -0.39 is 23.4 Å². The van der Waals surface area contributed by atoms with Crippen molar-refractivity contribution < 1.29 is 22.0 Å². The Hall–Kier alpha value is -1.91. The van der Waals surface area contributed by atoms with Gasteiger partial charge in [-0.15, -0.1) is 0 Å². The minimum Gasteiger partial charge on any atom is -0.206 e. The van der Waals surface area contributed by atoms with E-state index in [1.807, 2.05) is 0 Å². The van der Waals surface area contributed by atoms with E-state index in [0.717, 1.165) is 55.4 Å². The predicted molar refractivity (Wildman–Crippen MR) is 126 cm³/mol. The summed E-state index contributed by atoms with van der Waals surface area (Å²) in [7, 11) is 0. The van der Waals surface area contributed by atoms with Crippen LogP contribution in [0.3, 0.4) is 0 Å². The Morgan fingerprint density at radius 3 is 2.09 bits per heavy atom. The van der Waals surface area contributed by atoms with Crippen LogP contribution >= 0.6 is 0 Å². The summed E-state index contributed by atoms with van der Waals surface area (Å²) >= 11 is 0. The minimum absolute atomic E-state index is 0.121. The molecule has 0 bridgehead atoms. The summed E-state index contributed by atoms with van der Waals surface area (Å²) in [6.07, 6.45) is 8.96. The molecule has 0 N–H and O–H groups in total. The Morgan fingerprint density at radius 1 is 0.794 bits per heavy atom. The van der Waals surface area contributed by atoms with E-state index in [-0.39, 0.29) is 17.0 Å². The van der Waals surface area contributed by atoms with Gasteiger partial charge >= 0.3 is 6.18 Å². The SMILES string of the molecule is CCCCCCC1CC[C@@H]2C[C@H](c3cc(F)c(-c4ccc(C(F)(F)F)cc4)c(F)c3)CC[C@@H]2C1. The molecule has 2 aromatic rings. The third-order valence-corrected chi connectivity index (χ3v) is 8.22. The first kappa shape index (κ1) is 25.2. The van der Waals surface area contributed by atoms with Gasteiger partial charge in [0.05, 0.1) is 11.1 Å². The molecule has 0 saturated heterocycles. The molecule has 5 heteroatoms. The quantitative estimate of drug-likeness (QED) is 0.274. The lowest BCUT2D eigenvalue weighted by Crippen LogP contribution is -2.30. The first-order valence-corrected chi connectivity index (χ1v) is 12.9. The Balaban J connectivity index is 1.40. The maximum atomic E-state index is 15.0. The van der Waals surface area contributed by atoms with Gasteiger partial charge in [-0.05, 0) is 91.2 Å². The van der Waals surface area contributed by atoms with E-state index >= 15 is 0 Å². The molecule has 4 atom stereocenters. The molecule has 2 fully saturated rings. The number of benzene rings is 2. The molecule has 34 heavy (non-hydrogen) atoms. The normalized spacial score (nSPS) is 25.2. The lowest BCUT2D eigenvalue weighted by molar-refractivity contribution is -0.137. The van der Waals surface area contributed by atoms with Crippen molar-refractivity contribution in [2.24, 2.45) is 17.8 Å². The van der Waals surface area contributed by atoms with Crippen LogP contribution < -0.4 is 0 Å². The molecule has 0 aromatic heterocycles. The highest BCUT2D eigenvalue weighted by atomic mass is 19.4. The number of hydrogen-bond acceptors (Lipinski definition) is 0. The number of rotatable bonds is 7. The van der Waals surface area contributed by atoms with E-state index in [1.165, 1.54) is 63.5 Å². The average molecular weight is 479 g/mol. The third kappa shape index (κ3) is 5.83. The molecule has 2 aliphatic rings. The van der Waals surface area contributed by atoms with Crippen LogP contribution in [0.1, 0.15) is 94.6 Å². The number of hydrogen-bond donors (Lipinski definition) is 0. The van der Waals surface area contributed by atoms with Gasteiger partial charge in [0.1, 0.15) is 11.6 Å². The van der Waals surface area contributed by atoms with Crippen molar-refractivity contribution in [1.29, 1.82) is 0 Å². The molecule has 2 aromatic carbocycles. The number of unbranched alkanes of at least 4 members (excludes halogenated alkanes) is 3. The summed E-state index contributed by atoms with van der Waals surface area (Å²) in [5, 5.41) is 0. The summed E-state index contributed by atoms with van der Waals surface area (Å²) in [5.41, 5.74) is -0.280. The molecule has 1 unspecified atom stereocenters. The molecule has 2 aliphatic carbocycles. The fraction of sp³-hybridized carbons (Fsp3) is 0.586. The molecule has 0 heterocycles. The summed E-state index contributed by atoms with van der Waals surface area (Å²) in [4.78, 5) is 0. The van der Waals surface area contributed by atoms with Crippen LogP contribution in [0.5, 0.6) is 0 Å². The van der Waals surface area contributed by atoms with Crippen LogP contribution in [-0.2, 0) is 6.18 Å². The Bertz CT molecular complexity index is 923. The monoisotopic (exact) mass is 478 g/mol. The van der Waals surface area contributed by atoms with Gasteiger partial charge in [-0.25, -0.2) is 8.78 Å². The smallest absolute Gasteiger partial charge is 0.206 e. The zero-order chi connectivity index (χ0) is 24.3. The number of fused-ring (bicyclic) bond motifs is 1. The van der Waals surface area contributed by atoms with Crippen molar-refractivity contribution in [3.8, 4) is 11.1 Å². The van der Waals surface area contributed by atoms with E-state index in [4.69, 9.17) is 0 Å². The van der Waals surface area contributed by atoms with E-state index in [9.17, 15) is 22.0 Å². The highest BCUT2D eigenvalue weighted by Gasteiger charge is 2.36. The van der Waals surface area contributed by atoms with E-state index in [2.05, 4.69) is 6.92 Å². The summed E-state index contributed by atoms with van der Waals surface area (Å²) in [5.74, 6) is 0.953. The summed E-state index contributed by atoms with van der Waals surface area (Å²) in [6.45, 7) is 2.24. The van der Waals surface area contributed by atoms with Crippen molar-refractivity contribution in [1.82, 2.24) is 0 Å². The van der Waals surface area contributed by atoms with Crippen LogP contribution in [0, 0.1) is 29.4 Å². The Kier molecular flexibility index (Phi) is 7.99. The van der Waals surface area contributed by atoms with Crippen molar-refractivity contribution >= 4 is 0 Å². The van der Waals surface area contributed by atoms with Crippen LogP contribution in [0.2, 0.25) is 0 Å². The third-order valence-electron chi connectivity index (χ3n) is 8.22. The fourth-order valence-corrected chi connectivity index (χ4v) is 6.34. The van der Waals surface area contributed by atoms with Crippen molar-refractivity contribution in [3.63, 3.8) is 0 Å². The molecular formula is C29H35F5. The van der Waals surface area contributed by atoms with Gasteiger partial charge in [-0.3, -0.25) is 0 Å². The Labute approximate surface area is 200 Å². The zero-order valence-corrected chi connectivity index (χ0v) is 19.9. The first-order valence-electron chi connectivity index (χ1n) is 12.9. The first-order chi connectivity index (χ1) is 16.3. The van der Waals surface area contributed by atoms with Crippen molar-refractivity contribution in [3.05, 3.63) is 59.2 Å². The average Bonchev–Trinajstić information content (AvgIpc) is 2.81. The number of alkyl halides is 3. The molecule has 0 aliphatic heterocycles. The molecular weight excluding hydrogens is 443 g/mol. The minimum atomic E-state index is -4.48. The molecule has 0 radical (unpaired) electrons. The van der Waals surface area contributed by atoms with Gasteiger partial charge in [0, 0.05) is 0 Å². The largest absolute Gasteiger partial charge is 0.416 e. The molecule has 0 amide bonds. The number of halogens is 5. The van der Waals surface area contributed by atoms with Gasteiger partial charge in [-0.1, -0.05) is 57.6 Å². The summed E-state index contributed by atoms with van der Waals surface area (Å²) < 4.78 is 68.4. The lowest BCUT2D eigenvalue weighted by Gasteiger charge is -2.42. The maximum Gasteiger partial charge on any atom is 0.416 e. The second-order valence-corrected chi connectivity index (χ2v) is 10.5. The fourth-order valence-electron chi connectivity index (χ4n) is 6.34. The topological polar surface area (TPSA) is 0 Å². The van der Waals surface area contributed by atoms with Crippen LogP contribution in [0.15, 0.2) is 36.4 Å². The van der Waals surface area contributed by atoms with Gasteiger partial charge in [0.25, 0.3) is 0 Å². The second kappa shape index (κ2) is 10.8. The van der Waals surface area contributed by atoms with Gasteiger partial charge in [-0.2, -0.15) is 13.2 Å². The molecule has 2 saturated carbocycles. The second-order valence-electron chi connectivity index (χ2n) is 10.5. The highest BCUT2D eigenvalue weighted by molar-refractivity contribution is 5.66. The molecule has 186 valence electrons. The van der Waals surface area contributed by atoms with Gasteiger partial charge < -0.3 is 0 Å². The molecule has 0 nitrogen and oxygen atoms in total. The van der Waals surface area contributed by atoms with Crippen molar-refractivity contribution in [2.75, 3.05) is 0 Å². The van der Waals surface area contributed by atoms with Crippen molar-refractivity contribution in [2.45, 2.75) is 89.6 Å². The van der Waals surface area contributed by atoms with Crippen LogP contribution in [0.25, 0.3) is 11.1 Å². The maximum absolute atomic E-state index is 15.0. The van der Waals surface area contributed by atoms with E-state index in [1.54, 1.807) is 0 Å². The zero-order valence-electron chi connectivity index (χ0n) is 19.9. The standard InChI is InChI=1S/C29H35F5/c1-2-3-4-5-6-19-7-8-22-16-23(10-9-21(22)15-19)24-17-26(30)28(27(31)18-24)20-11-13-25(14-12-20)29(32,33)34/h11-14,17-19,21-23H,2-10,15-16H2,1H3/t19?,21-,22-,23-/m1/s1. The molecule has 4 rings (SSSR count). The summed E-state index contributed by atoms with van der Waals surface area (Å²) in [6, 6.07) is 6.81. The predicted octanol–water partition coefficient (Wildman–Crippen LogP) is 9.92. The lowest BCUT2D eigenvalue weighted by atomic mass is 9.63. The van der Waals surface area contributed by atoms with Crippen LogP contribution in [-0.4, -0.2) is 0 Å². The highest BCUT2D eigenvalue weighted by Crippen LogP contribution is 2.49. The Morgan fingerprint density at radius 2 is 1.44 bits per heavy atom. The van der Waals surface area contributed by atoms with Gasteiger partial charge in [0.15, 0.2) is 0 Å².